The van der Waals surface area contributed by atoms with Crippen LogP contribution in [0.1, 0.15) is 5.56 Å². The van der Waals surface area contributed by atoms with Crippen LogP contribution in [0, 0.1) is 6.92 Å². The van der Waals surface area contributed by atoms with Gasteiger partial charge in [0.25, 0.3) is 10.0 Å². The minimum Gasteiger partial charge on any atom is -0.399 e. The van der Waals surface area contributed by atoms with Gasteiger partial charge in [-0.05, 0) is 48.9 Å². The molecule has 0 atom stereocenters. The van der Waals surface area contributed by atoms with E-state index >= 15 is 0 Å². The first kappa shape index (κ1) is 13.4. The number of nitrogens with two attached hydrogens (primary N) is 1. The Bertz CT molecular complexity index is 679. The molecule has 0 aliphatic carbocycles. The van der Waals surface area contributed by atoms with E-state index in [-0.39, 0.29) is 4.90 Å². The van der Waals surface area contributed by atoms with Crippen molar-refractivity contribution in [2.75, 3.05) is 17.1 Å². The summed E-state index contributed by atoms with van der Waals surface area (Å²) in [6.45, 7) is 1.86. The number of hydrogen-bond acceptors (Lipinski definition) is 3. The zero-order valence-corrected chi connectivity index (χ0v) is 11.7. The van der Waals surface area contributed by atoms with Crippen molar-refractivity contribution < 1.29 is 8.42 Å². The van der Waals surface area contributed by atoms with E-state index in [0.29, 0.717) is 11.4 Å². The fourth-order valence-electron chi connectivity index (χ4n) is 1.76. The normalized spacial score (nSPS) is 11.3. The maximum absolute atomic E-state index is 12.5. The van der Waals surface area contributed by atoms with Crippen molar-refractivity contribution in [1.29, 1.82) is 0 Å². The van der Waals surface area contributed by atoms with Gasteiger partial charge in [-0.2, -0.15) is 0 Å². The van der Waals surface area contributed by atoms with E-state index in [4.69, 9.17) is 5.73 Å². The van der Waals surface area contributed by atoms with Crippen LogP contribution in [0.15, 0.2) is 53.4 Å². The van der Waals surface area contributed by atoms with Gasteiger partial charge in [0.1, 0.15) is 0 Å². The highest BCUT2D eigenvalue weighted by atomic mass is 32.2. The highest BCUT2D eigenvalue weighted by molar-refractivity contribution is 7.92. The molecule has 4 nitrogen and oxygen atoms in total. The first-order chi connectivity index (χ1) is 8.91. The van der Waals surface area contributed by atoms with E-state index in [9.17, 15) is 8.42 Å². The molecule has 5 heteroatoms. The van der Waals surface area contributed by atoms with Crippen LogP contribution in [0.5, 0.6) is 0 Å². The van der Waals surface area contributed by atoms with Crippen molar-refractivity contribution >= 4 is 21.4 Å². The van der Waals surface area contributed by atoms with Crippen LogP contribution in [0.25, 0.3) is 0 Å². The summed E-state index contributed by atoms with van der Waals surface area (Å²) < 4.78 is 26.2. The largest absolute Gasteiger partial charge is 0.399 e. The van der Waals surface area contributed by atoms with Crippen LogP contribution in [-0.2, 0) is 10.0 Å². The Labute approximate surface area is 113 Å². The van der Waals surface area contributed by atoms with Crippen molar-refractivity contribution in [3.63, 3.8) is 0 Å². The number of aryl methyl sites for hydroxylation is 1. The van der Waals surface area contributed by atoms with Gasteiger partial charge in [0.2, 0.25) is 0 Å². The lowest BCUT2D eigenvalue weighted by molar-refractivity contribution is 0.594. The number of nitrogen functional groups attached to an aromatic ring is 1. The van der Waals surface area contributed by atoms with E-state index < -0.39 is 10.0 Å². The Morgan fingerprint density at radius 3 is 2.26 bits per heavy atom. The zero-order chi connectivity index (χ0) is 14.0. The molecule has 2 aromatic rings. The summed E-state index contributed by atoms with van der Waals surface area (Å²) in [5, 5.41) is 0. The third-order valence-corrected chi connectivity index (χ3v) is 4.69. The van der Waals surface area contributed by atoms with Gasteiger partial charge in [-0.15, -0.1) is 0 Å². The average Bonchev–Trinajstić information content (AvgIpc) is 2.39. The molecule has 100 valence electrons. The van der Waals surface area contributed by atoms with Gasteiger partial charge in [-0.25, -0.2) is 8.42 Å². The van der Waals surface area contributed by atoms with Crippen LogP contribution in [0.4, 0.5) is 11.4 Å². The standard InChI is InChI=1S/C14H16N2O2S/c1-11-4-3-5-14(10-11)19(17,18)16(2)13-8-6-12(15)7-9-13/h3-10H,15H2,1-2H3. The Kier molecular flexibility index (Phi) is 3.48. The van der Waals surface area contributed by atoms with Crippen molar-refractivity contribution in [2.24, 2.45) is 0 Å². The summed E-state index contributed by atoms with van der Waals surface area (Å²) in [6, 6.07) is 13.6. The number of nitrogens with zero attached hydrogens (tertiary/aromatic N) is 1. The lowest BCUT2D eigenvalue weighted by Gasteiger charge is -2.19. The van der Waals surface area contributed by atoms with Crippen molar-refractivity contribution in [2.45, 2.75) is 11.8 Å². The fraction of sp³-hybridized carbons (Fsp3) is 0.143. The van der Waals surface area contributed by atoms with Gasteiger partial charge < -0.3 is 5.73 Å². The molecule has 0 saturated heterocycles. The van der Waals surface area contributed by atoms with Gasteiger partial charge in [0.05, 0.1) is 10.6 Å². The van der Waals surface area contributed by atoms with Crippen molar-refractivity contribution in [1.82, 2.24) is 0 Å². The molecule has 2 rings (SSSR count). The zero-order valence-electron chi connectivity index (χ0n) is 10.9. The molecular formula is C14H16N2O2S. The topological polar surface area (TPSA) is 63.4 Å². The van der Waals surface area contributed by atoms with Crippen LogP contribution in [-0.4, -0.2) is 15.5 Å². The predicted molar refractivity (Wildman–Crippen MR) is 77.6 cm³/mol. The molecule has 0 unspecified atom stereocenters. The first-order valence-corrected chi connectivity index (χ1v) is 7.26. The minimum absolute atomic E-state index is 0.284. The molecule has 0 bridgehead atoms. The molecule has 19 heavy (non-hydrogen) atoms. The fourth-order valence-corrected chi connectivity index (χ4v) is 3.06. The molecule has 2 N–H and O–H groups in total. The summed E-state index contributed by atoms with van der Waals surface area (Å²) in [7, 11) is -2.00. The van der Waals surface area contributed by atoms with E-state index in [2.05, 4.69) is 0 Å². The number of benzene rings is 2. The highest BCUT2D eigenvalue weighted by Gasteiger charge is 2.20. The van der Waals surface area contributed by atoms with Crippen LogP contribution >= 0.6 is 0 Å². The van der Waals surface area contributed by atoms with Gasteiger partial charge in [0.15, 0.2) is 0 Å². The summed E-state index contributed by atoms with van der Waals surface area (Å²) in [5.74, 6) is 0. The third kappa shape index (κ3) is 2.71. The van der Waals surface area contributed by atoms with Crippen LogP contribution in [0.2, 0.25) is 0 Å². The quantitative estimate of drug-likeness (QED) is 0.876. The van der Waals surface area contributed by atoms with E-state index in [0.717, 1.165) is 5.56 Å². The van der Waals surface area contributed by atoms with Crippen LogP contribution in [0.3, 0.4) is 0 Å². The van der Waals surface area contributed by atoms with Crippen LogP contribution < -0.4 is 10.0 Å². The molecule has 0 spiro atoms. The molecule has 0 heterocycles. The Morgan fingerprint density at radius 2 is 1.68 bits per heavy atom. The molecule has 0 amide bonds. The van der Waals surface area contributed by atoms with E-state index in [1.165, 1.54) is 11.4 Å². The molecular weight excluding hydrogens is 260 g/mol. The predicted octanol–water partition coefficient (Wildman–Crippen LogP) is 2.40. The maximum Gasteiger partial charge on any atom is 0.264 e. The van der Waals surface area contributed by atoms with E-state index in [1.54, 1.807) is 42.5 Å². The number of rotatable bonds is 3. The molecule has 0 fully saturated rings. The van der Waals surface area contributed by atoms with Gasteiger partial charge in [0, 0.05) is 12.7 Å². The second-order valence-electron chi connectivity index (χ2n) is 4.38. The summed E-state index contributed by atoms with van der Waals surface area (Å²) >= 11 is 0. The second-order valence-corrected chi connectivity index (χ2v) is 6.35. The molecule has 0 aliphatic heterocycles. The van der Waals surface area contributed by atoms with E-state index in [1.807, 2.05) is 13.0 Å². The first-order valence-electron chi connectivity index (χ1n) is 5.82. The minimum atomic E-state index is -3.53. The van der Waals surface area contributed by atoms with Gasteiger partial charge in [-0.3, -0.25) is 4.31 Å². The summed E-state index contributed by atoms with van der Waals surface area (Å²) in [4.78, 5) is 0.284. The Morgan fingerprint density at radius 1 is 1.05 bits per heavy atom. The van der Waals surface area contributed by atoms with Gasteiger partial charge in [-0.1, -0.05) is 12.1 Å². The average molecular weight is 276 g/mol. The SMILES string of the molecule is Cc1cccc(S(=O)(=O)N(C)c2ccc(N)cc2)c1. The Balaban J connectivity index is 2.42. The lowest BCUT2D eigenvalue weighted by Crippen LogP contribution is -2.26. The number of sulfonamides is 1. The molecule has 0 aliphatic rings. The molecule has 2 aromatic carbocycles. The lowest BCUT2D eigenvalue weighted by atomic mass is 10.2. The van der Waals surface area contributed by atoms with Crippen molar-refractivity contribution in [3.05, 3.63) is 54.1 Å². The highest BCUT2D eigenvalue weighted by Crippen LogP contribution is 2.23. The Hall–Kier alpha value is -2.01. The summed E-state index contributed by atoms with van der Waals surface area (Å²) in [6.07, 6.45) is 0. The smallest absolute Gasteiger partial charge is 0.264 e. The number of hydrogen-bond donors (Lipinski definition) is 1. The van der Waals surface area contributed by atoms with Gasteiger partial charge >= 0.3 is 0 Å². The molecule has 0 radical (unpaired) electrons. The molecule has 0 saturated carbocycles. The van der Waals surface area contributed by atoms with Crippen molar-refractivity contribution in [3.8, 4) is 0 Å². The number of anilines is 2. The summed E-state index contributed by atoms with van der Waals surface area (Å²) in [5.41, 5.74) is 7.69. The third-order valence-electron chi connectivity index (χ3n) is 2.90. The second kappa shape index (κ2) is 4.93. The molecule has 0 aromatic heterocycles. The monoisotopic (exact) mass is 276 g/mol. The maximum atomic E-state index is 12.5.